The molecule has 0 heterocycles. The van der Waals surface area contributed by atoms with Crippen molar-refractivity contribution in [2.45, 2.75) is 29.9 Å². The van der Waals surface area contributed by atoms with Crippen molar-refractivity contribution in [3.05, 3.63) is 34.4 Å². The minimum Gasteiger partial charge on any atom is -0.293 e. The number of thioether (sulfide) groups is 1. The van der Waals surface area contributed by atoms with Crippen molar-refractivity contribution >= 4 is 23.4 Å². The van der Waals surface area contributed by atoms with Gasteiger partial charge in [0.2, 0.25) is 5.91 Å². The van der Waals surface area contributed by atoms with Gasteiger partial charge in [0.05, 0.1) is 15.1 Å². The molecule has 1 atom stereocenters. The van der Waals surface area contributed by atoms with Gasteiger partial charge in [0.15, 0.2) is 0 Å². The topological polar surface area (TPSA) is 98.3 Å². The van der Waals surface area contributed by atoms with Crippen LogP contribution in [0.3, 0.4) is 0 Å². The lowest BCUT2D eigenvalue weighted by molar-refractivity contribution is -0.387. The number of nitro benzene ring substituents is 1. The molecular formula is C11H15N3O3S. The second-order valence-corrected chi connectivity index (χ2v) is 4.87. The van der Waals surface area contributed by atoms with E-state index < -0.39 is 10.2 Å². The molecule has 0 aromatic heterocycles. The molecule has 1 amide bonds. The molecule has 0 spiro atoms. The first-order valence-corrected chi connectivity index (χ1v) is 6.38. The monoisotopic (exact) mass is 269 g/mol. The highest BCUT2D eigenvalue weighted by molar-refractivity contribution is 8.00. The summed E-state index contributed by atoms with van der Waals surface area (Å²) in [6.45, 7) is 1.94. The normalized spacial score (nSPS) is 11.9. The van der Waals surface area contributed by atoms with E-state index in [9.17, 15) is 14.9 Å². The fourth-order valence-electron chi connectivity index (χ4n) is 1.46. The number of carbonyl (C=O) groups is 1. The molecule has 0 saturated carbocycles. The van der Waals surface area contributed by atoms with E-state index in [0.717, 1.165) is 6.42 Å². The molecule has 18 heavy (non-hydrogen) atoms. The van der Waals surface area contributed by atoms with Crippen LogP contribution in [-0.4, -0.2) is 16.1 Å². The quantitative estimate of drug-likeness (QED) is 0.270. The van der Waals surface area contributed by atoms with Crippen LogP contribution in [0.25, 0.3) is 0 Å². The highest BCUT2D eigenvalue weighted by atomic mass is 32.2. The zero-order chi connectivity index (χ0) is 13.5. The molecule has 6 nitrogen and oxygen atoms in total. The summed E-state index contributed by atoms with van der Waals surface area (Å²) in [5, 5.41) is 10.5. The Morgan fingerprint density at radius 3 is 2.78 bits per heavy atom. The summed E-state index contributed by atoms with van der Waals surface area (Å²) in [7, 11) is 0. The number of amides is 1. The molecule has 98 valence electrons. The van der Waals surface area contributed by atoms with Crippen molar-refractivity contribution in [3.8, 4) is 0 Å². The van der Waals surface area contributed by atoms with Gasteiger partial charge in [-0.25, -0.2) is 5.84 Å². The number of hydrogen-bond donors (Lipinski definition) is 2. The lowest BCUT2D eigenvalue weighted by Gasteiger charge is -2.13. The summed E-state index contributed by atoms with van der Waals surface area (Å²) in [5.41, 5.74) is 2.10. The van der Waals surface area contributed by atoms with Crippen LogP contribution in [0.1, 0.15) is 19.8 Å². The van der Waals surface area contributed by atoms with Crippen LogP contribution in [0.4, 0.5) is 5.69 Å². The first-order chi connectivity index (χ1) is 8.60. The fourth-order valence-corrected chi connectivity index (χ4v) is 2.72. The third-order valence-electron chi connectivity index (χ3n) is 2.32. The molecule has 0 aliphatic heterocycles. The van der Waals surface area contributed by atoms with E-state index in [4.69, 9.17) is 5.84 Å². The molecule has 0 aliphatic carbocycles. The molecule has 1 rings (SSSR count). The number of benzene rings is 1. The zero-order valence-electron chi connectivity index (χ0n) is 9.96. The summed E-state index contributed by atoms with van der Waals surface area (Å²) >= 11 is 1.17. The molecule has 3 N–H and O–H groups in total. The summed E-state index contributed by atoms with van der Waals surface area (Å²) in [6.07, 6.45) is 1.41. The predicted octanol–water partition coefficient (Wildman–Crippen LogP) is 1.85. The van der Waals surface area contributed by atoms with E-state index in [-0.39, 0.29) is 11.6 Å². The van der Waals surface area contributed by atoms with Gasteiger partial charge >= 0.3 is 0 Å². The molecule has 1 aromatic rings. The molecule has 0 bridgehead atoms. The predicted molar refractivity (Wildman–Crippen MR) is 70.0 cm³/mol. The maximum absolute atomic E-state index is 11.6. The standard InChI is InChI=1S/C11H15N3O3S/c1-2-5-10(11(15)13-12)18-9-7-4-3-6-8(9)14(16)17/h3-4,6-7,10H,2,5,12H2,1H3,(H,13,15). The van der Waals surface area contributed by atoms with Crippen molar-refractivity contribution in [1.82, 2.24) is 5.43 Å². The van der Waals surface area contributed by atoms with E-state index in [1.807, 2.05) is 6.92 Å². The zero-order valence-corrected chi connectivity index (χ0v) is 10.8. The average molecular weight is 269 g/mol. The molecule has 1 unspecified atom stereocenters. The SMILES string of the molecule is CCCC(Sc1ccccc1[N+](=O)[O-])C(=O)NN. The highest BCUT2D eigenvalue weighted by Gasteiger charge is 2.22. The number of para-hydroxylation sites is 1. The molecule has 0 fully saturated rings. The number of nitrogens with one attached hydrogen (secondary N) is 1. The van der Waals surface area contributed by atoms with E-state index in [1.54, 1.807) is 18.2 Å². The molecule has 0 radical (unpaired) electrons. The number of nitro groups is 1. The van der Waals surface area contributed by atoms with Crippen molar-refractivity contribution in [2.75, 3.05) is 0 Å². The Morgan fingerprint density at radius 2 is 2.22 bits per heavy atom. The van der Waals surface area contributed by atoms with E-state index in [2.05, 4.69) is 5.43 Å². The first-order valence-electron chi connectivity index (χ1n) is 5.50. The smallest absolute Gasteiger partial charge is 0.282 e. The fraction of sp³-hybridized carbons (Fsp3) is 0.364. The Balaban J connectivity index is 2.93. The second-order valence-electron chi connectivity index (χ2n) is 3.63. The van der Waals surface area contributed by atoms with Crippen LogP contribution >= 0.6 is 11.8 Å². The van der Waals surface area contributed by atoms with Crippen LogP contribution in [0, 0.1) is 10.1 Å². The Bertz CT molecular complexity index is 439. The van der Waals surface area contributed by atoms with Crippen LogP contribution < -0.4 is 11.3 Å². The van der Waals surface area contributed by atoms with Crippen LogP contribution in [0.5, 0.6) is 0 Å². The Morgan fingerprint density at radius 1 is 1.56 bits per heavy atom. The average Bonchev–Trinajstić information content (AvgIpc) is 2.37. The van der Waals surface area contributed by atoms with Gasteiger partial charge in [-0.2, -0.15) is 0 Å². The maximum atomic E-state index is 11.6. The molecule has 0 saturated heterocycles. The first kappa shape index (κ1) is 14.5. The lowest BCUT2D eigenvalue weighted by atomic mass is 10.2. The Kier molecular flexibility index (Phi) is 5.60. The van der Waals surface area contributed by atoms with Gasteiger partial charge in [-0.15, -0.1) is 11.8 Å². The van der Waals surface area contributed by atoms with Crippen molar-refractivity contribution in [2.24, 2.45) is 5.84 Å². The second kappa shape index (κ2) is 6.97. The number of nitrogens with two attached hydrogens (primary N) is 1. The van der Waals surface area contributed by atoms with Crippen LogP contribution in [-0.2, 0) is 4.79 Å². The van der Waals surface area contributed by atoms with Gasteiger partial charge in [-0.3, -0.25) is 20.3 Å². The Labute approximate surface area is 109 Å². The minimum atomic E-state index is -0.453. The molecule has 1 aromatic carbocycles. The van der Waals surface area contributed by atoms with Gasteiger partial charge in [0, 0.05) is 6.07 Å². The lowest BCUT2D eigenvalue weighted by Crippen LogP contribution is -2.37. The van der Waals surface area contributed by atoms with E-state index in [0.29, 0.717) is 11.3 Å². The highest BCUT2D eigenvalue weighted by Crippen LogP contribution is 2.33. The number of hydrazine groups is 1. The van der Waals surface area contributed by atoms with Gasteiger partial charge in [-0.05, 0) is 12.5 Å². The summed E-state index contributed by atoms with van der Waals surface area (Å²) < 4.78 is 0. The molecule has 0 aliphatic rings. The van der Waals surface area contributed by atoms with Gasteiger partial charge in [0.1, 0.15) is 0 Å². The maximum Gasteiger partial charge on any atom is 0.282 e. The summed E-state index contributed by atoms with van der Waals surface area (Å²) in [5.74, 6) is 4.79. The van der Waals surface area contributed by atoms with E-state index >= 15 is 0 Å². The molecular weight excluding hydrogens is 254 g/mol. The number of carbonyl (C=O) groups excluding carboxylic acids is 1. The Hall–Kier alpha value is -1.60. The van der Waals surface area contributed by atoms with Crippen LogP contribution in [0.15, 0.2) is 29.2 Å². The van der Waals surface area contributed by atoms with Crippen molar-refractivity contribution in [1.29, 1.82) is 0 Å². The van der Waals surface area contributed by atoms with Gasteiger partial charge in [0.25, 0.3) is 5.69 Å². The van der Waals surface area contributed by atoms with Crippen molar-refractivity contribution < 1.29 is 9.72 Å². The van der Waals surface area contributed by atoms with E-state index in [1.165, 1.54) is 17.8 Å². The van der Waals surface area contributed by atoms with Gasteiger partial charge in [-0.1, -0.05) is 25.5 Å². The third-order valence-corrected chi connectivity index (χ3v) is 3.65. The summed E-state index contributed by atoms with van der Waals surface area (Å²) in [6, 6.07) is 6.36. The van der Waals surface area contributed by atoms with Crippen LogP contribution in [0.2, 0.25) is 0 Å². The van der Waals surface area contributed by atoms with Gasteiger partial charge < -0.3 is 0 Å². The summed E-state index contributed by atoms with van der Waals surface area (Å²) in [4.78, 5) is 22.5. The number of hydrogen-bond acceptors (Lipinski definition) is 5. The minimum absolute atomic E-state index is 0.00780. The largest absolute Gasteiger partial charge is 0.293 e. The third kappa shape index (κ3) is 3.71. The molecule has 7 heteroatoms. The van der Waals surface area contributed by atoms with Crippen molar-refractivity contribution in [3.63, 3.8) is 0 Å². The number of nitrogens with zero attached hydrogens (tertiary/aromatic N) is 1. The number of rotatable bonds is 6.